The zero-order valence-corrected chi connectivity index (χ0v) is 11.8. The van der Waals surface area contributed by atoms with Crippen LogP contribution in [0, 0.1) is 17.7 Å². The quantitative estimate of drug-likeness (QED) is 0.858. The van der Waals surface area contributed by atoms with Crippen molar-refractivity contribution in [1.29, 1.82) is 0 Å². The van der Waals surface area contributed by atoms with Crippen LogP contribution in [0.4, 0.5) is 4.39 Å². The van der Waals surface area contributed by atoms with Crippen LogP contribution in [-0.4, -0.2) is 6.54 Å². The van der Waals surface area contributed by atoms with Crippen LogP contribution in [0.15, 0.2) is 18.2 Å². The van der Waals surface area contributed by atoms with E-state index < -0.39 is 0 Å². The van der Waals surface area contributed by atoms with E-state index in [0.29, 0.717) is 6.04 Å². The van der Waals surface area contributed by atoms with Crippen molar-refractivity contribution in [2.45, 2.75) is 51.5 Å². The molecule has 1 aromatic rings. The zero-order chi connectivity index (χ0) is 13.2. The Balaban J connectivity index is 1.57. The SMILES string of the molecule is CC1CCCC(CNC2CCc3cc(F)ccc32)C1. The molecule has 0 bridgehead atoms. The molecule has 0 radical (unpaired) electrons. The summed E-state index contributed by atoms with van der Waals surface area (Å²) in [6, 6.07) is 5.73. The minimum Gasteiger partial charge on any atom is -0.310 e. The van der Waals surface area contributed by atoms with E-state index in [9.17, 15) is 4.39 Å². The average molecular weight is 261 g/mol. The molecule has 0 spiro atoms. The molecule has 0 heterocycles. The first kappa shape index (κ1) is 13.1. The van der Waals surface area contributed by atoms with E-state index in [1.165, 1.54) is 36.8 Å². The first-order chi connectivity index (χ1) is 9.22. The van der Waals surface area contributed by atoms with Crippen LogP contribution in [-0.2, 0) is 6.42 Å². The minimum absolute atomic E-state index is 0.0968. The van der Waals surface area contributed by atoms with Crippen molar-refractivity contribution in [3.8, 4) is 0 Å². The van der Waals surface area contributed by atoms with Gasteiger partial charge >= 0.3 is 0 Å². The highest BCUT2D eigenvalue weighted by atomic mass is 19.1. The van der Waals surface area contributed by atoms with Crippen molar-refractivity contribution < 1.29 is 4.39 Å². The maximum atomic E-state index is 13.2. The van der Waals surface area contributed by atoms with Gasteiger partial charge in [0.05, 0.1) is 0 Å². The number of hydrogen-bond donors (Lipinski definition) is 1. The average Bonchev–Trinajstić information content (AvgIpc) is 2.78. The molecule has 0 aliphatic heterocycles. The van der Waals surface area contributed by atoms with Gasteiger partial charge in [0, 0.05) is 6.04 Å². The van der Waals surface area contributed by atoms with E-state index in [-0.39, 0.29) is 5.82 Å². The molecule has 0 aromatic heterocycles. The van der Waals surface area contributed by atoms with E-state index in [0.717, 1.165) is 31.2 Å². The summed E-state index contributed by atoms with van der Waals surface area (Å²) in [5.41, 5.74) is 2.53. The highest BCUT2D eigenvalue weighted by Gasteiger charge is 2.24. The molecule has 1 nitrogen and oxygen atoms in total. The van der Waals surface area contributed by atoms with E-state index in [1.54, 1.807) is 12.1 Å². The lowest BCUT2D eigenvalue weighted by Gasteiger charge is -2.28. The predicted octanol–water partition coefficient (Wildman–Crippen LogP) is 4.23. The number of nitrogens with one attached hydrogen (secondary N) is 1. The van der Waals surface area contributed by atoms with Crippen LogP contribution in [0.1, 0.15) is 56.2 Å². The maximum Gasteiger partial charge on any atom is 0.123 e. The summed E-state index contributed by atoms with van der Waals surface area (Å²) in [6.07, 6.45) is 7.69. The van der Waals surface area contributed by atoms with Crippen LogP contribution < -0.4 is 5.32 Å². The Hall–Kier alpha value is -0.890. The van der Waals surface area contributed by atoms with Crippen molar-refractivity contribution in [2.24, 2.45) is 11.8 Å². The molecular formula is C17H24FN. The lowest BCUT2D eigenvalue weighted by Crippen LogP contribution is -2.29. The molecule has 1 saturated carbocycles. The highest BCUT2D eigenvalue weighted by Crippen LogP contribution is 2.33. The summed E-state index contributed by atoms with van der Waals surface area (Å²) >= 11 is 0. The number of fused-ring (bicyclic) bond motifs is 1. The summed E-state index contributed by atoms with van der Waals surface area (Å²) in [5, 5.41) is 3.73. The second-order valence-electron chi connectivity index (χ2n) is 6.48. The monoisotopic (exact) mass is 261 g/mol. The summed E-state index contributed by atoms with van der Waals surface area (Å²) in [4.78, 5) is 0. The molecule has 1 N–H and O–H groups in total. The Labute approximate surface area is 115 Å². The Morgan fingerprint density at radius 1 is 1.26 bits per heavy atom. The zero-order valence-electron chi connectivity index (χ0n) is 11.8. The molecule has 0 amide bonds. The first-order valence-electron chi connectivity index (χ1n) is 7.74. The van der Waals surface area contributed by atoms with Crippen molar-refractivity contribution in [1.82, 2.24) is 5.32 Å². The lowest BCUT2D eigenvalue weighted by molar-refractivity contribution is 0.266. The van der Waals surface area contributed by atoms with Gasteiger partial charge in [0.15, 0.2) is 0 Å². The molecular weight excluding hydrogens is 237 g/mol. The Bertz CT molecular complexity index is 443. The predicted molar refractivity (Wildman–Crippen MR) is 76.6 cm³/mol. The van der Waals surface area contributed by atoms with Gasteiger partial charge in [0.2, 0.25) is 0 Å². The topological polar surface area (TPSA) is 12.0 Å². The van der Waals surface area contributed by atoms with Gasteiger partial charge < -0.3 is 5.32 Å². The van der Waals surface area contributed by atoms with Gasteiger partial charge in [-0.15, -0.1) is 0 Å². The third kappa shape index (κ3) is 3.00. The number of benzene rings is 1. The molecule has 1 aromatic carbocycles. The van der Waals surface area contributed by atoms with Gasteiger partial charge in [-0.3, -0.25) is 0 Å². The number of halogens is 1. The van der Waals surface area contributed by atoms with Crippen LogP contribution in [0.3, 0.4) is 0 Å². The minimum atomic E-state index is -0.0968. The molecule has 3 atom stereocenters. The molecule has 0 saturated heterocycles. The second kappa shape index (κ2) is 5.62. The summed E-state index contributed by atoms with van der Waals surface area (Å²) in [7, 11) is 0. The van der Waals surface area contributed by atoms with E-state index >= 15 is 0 Å². The van der Waals surface area contributed by atoms with Crippen molar-refractivity contribution >= 4 is 0 Å². The lowest BCUT2D eigenvalue weighted by atomic mass is 9.82. The van der Waals surface area contributed by atoms with Crippen molar-refractivity contribution in [2.75, 3.05) is 6.54 Å². The Kier molecular flexibility index (Phi) is 3.88. The maximum absolute atomic E-state index is 13.2. The van der Waals surface area contributed by atoms with Crippen LogP contribution in [0.25, 0.3) is 0 Å². The van der Waals surface area contributed by atoms with Gasteiger partial charge in [-0.25, -0.2) is 4.39 Å². The number of rotatable bonds is 3. The van der Waals surface area contributed by atoms with Crippen LogP contribution >= 0.6 is 0 Å². The van der Waals surface area contributed by atoms with Gasteiger partial charge in [-0.05, 0) is 67.3 Å². The smallest absolute Gasteiger partial charge is 0.123 e. The molecule has 2 aliphatic carbocycles. The van der Waals surface area contributed by atoms with E-state index in [4.69, 9.17) is 0 Å². The van der Waals surface area contributed by atoms with Gasteiger partial charge in [-0.2, -0.15) is 0 Å². The van der Waals surface area contributed by atoms with E-state index in [2.05, 4.69) is 12.2 Å². The number of aryl methyl sites for hydroxylation is 1. The summed E-state index contributed by atoms with van der Waals surface area (Å²) < 4.78 is 13.2. The van der Waals surface area contributed by atoms with Gasteiger partial charge in [0.1, 0.15) is 5.82 Å². The van der Waals surface area contributed by atoms with Crippen LogP contribution in [0.5, 0.6) is 0 Å². The standard InChI is InChI=1S/C17H24FN/c1-12-3-2-4-13(9-12)11-19-17-8-5-14-10-15(18)6-7-16(14)17/h6-7,10,12-13,17,19H,2-5,8-9,11H2,1H3. The fraction of sp³-hybridized carbons (Fsp3) is 0.647. The van der Waals surface area contributed by atoms with Gasteiger partial charge in [-0.1, -0.05) is 25.8 Å². The summed E-state index contributed by atoms with van der Waals surface area (Å²) in [6.45, 7) is 3.51. The van der Waals surface area contributed by atoms with Crippen molar-refractivity contribution in [3.05, 3.63) is 35.1 Å². The molecule has 3 unspecified atom stereocenters. The molecule has 1 fully saturated rings. The number of hydrogen-bond acceptors (Lipinski definition) is 1. The molecule has 104 valence electrons. The fourth-order valence-electron chi connectivity index (χ4n) is 3.85. The van der Waals surface area contributed by atoms with E-state index in [1.807, 2.05) is 6.07 Å². The highest BCUT2D eigenvalue weighted by molar-refractivity contribution is 5.34. The Morgan fingerprint density at radius 2 is 2.16 bits per heavy atom. The van der Waals surface area contributed by atoms with Crippen LogP contribution in [0.2, 0.25) is 0 Å². The Morgan fingerprint density at radius 3 is 3.00 bits per heavy atom. The second-order valence-corrected chi connectivity index (χ2v) is 6.48. The molecule has 2 aliphatic rings. The largest absolute Gasteiger partial charge is 0.310 e. The van der Waals surface area contributed by atoms with Gasteiger partial charge in [0.25, 0.3) is 0 Å². The first-order valence-corrected chi connectivity index (χ1v) is 7.74. The molecule has 3 rings (SSSR count). The normalized spacial score (nSPS) is 30.3. The third-order valence-corrected chi connectivity index (χ3v) is 4.88. The molecule has 2 heteroatoms. The van der Waals surface area contributed by atoms with Crippen molar-refractivity contribution in [3.63, 3.8) is 0 Å². The molecule has 19 heavy (non-hydrogen) atoms. The summed E-state index contributed by atoms with van der Waals surface area (Å²) in [5.74, 6) is 1.64. The third-order valence-electron chi connectivity index (χ3n) is 4.88. The fourth-order valence-corrected chi connectivity index (χ4v) is 3.85.